The zero-order chi connectivity index (χ0) is 20.6. The number of hydrogen-bond donors (Lipinski definition) is 0. The van der Waals surface area contributed by atoms with Gasteiger partial charge in [0.1, 0.15) is 11.5 Å². The summed E-state index contributed by atoms with van der Waals surface area (Å²) in [6.45, 7) is 2.76. The van der Waals surface area contributed by atoms with Gasteiger partial charge in [0.15, 0.2) is 5.78 Å². The minimum atomic E-state index is -3.02. The molecular formula is C23H21BF2O3. The normalized spacial score (nSPS) is 11.0. The fourth-order valence-electron chi connectivity index (χ4n) is 2.92. The van der Waals surface area contributed by atoms with E-state index in [1.165, 1.54) is 12.1 Å². The minimum Gasteiger partial charge on any atom is -0.504 e. The molecule has 0 aliphatic carbocycles. The van der Waals surface area contributed by atoms with E-state index in [4.69, 9.17) is 4.74 Å². The lowest BCUT2D eigenvalue weighted by Gasteiger charge is -2.11. The third kappa shape index (κ3) is 5.44. The van der Waals surface area contributed by atoms with Crippen LogP contribution in [0, 0.1) is 0 Å². The van der Waals surface area contributed by atoms with Gasteiger partial charge in [-0.25, -0.2) is 8.63 Å². The zero-order valence-electron chi connectivity index (χ0n) is 16.1. The number of halogens is 2. The molecule has 3 rings (SSSR count). The molecule has 0 heterocycles. The molecule has 3 aromatic rings. The van der Waals surface area contributed by atoms with Crippen LogP contribution in [0.5, 0.6) is 11.5 Å². The maximum atomic E-state index is 12.9. The first-order chi connectivity index (χ1) is 14.1. The molecule has 0 aromatic heterocycles. The highest BCUT2D eigenvalue weighted by Crippen LogP contribution is 2.31. The van der Waals surface area contributed by atoms with Crippen LogP contribution in [0.25, 0.3) is 16.8 Å². The minimum absolute atomic E-state index is 0.0970. The lowest BCUT2D eigenvalue weighted by molar-refractivity contribution is 0.104. The second-order valence-corrected chi connectivity index (χ2v) is 6.51. The van der Waals surface area contributed by atoms with Crippen molar-refractivity contribution in [3.05, 3.63) is 77.9 Å². The molecule has 6 heteroatoms. The predicted octanol–water partition coefficient (Wildman–Crippen LogP) is 6.22. The molecule has 3 nitrogen and oxygen atoms in total. The van der Waals surface area contributed by atoms with Gasteiger partial charge in [-0.3, -0.25) is 4.79 Å². The largest absolute Gasteiger partial charge is 0.796 e. The summed E-state index contributed by atoms with van der Waals surface area (Å²) >= 11 is 0. The van der Waals surface area contributed by atoms with Crippen LogP contribution < -0.4 is 9.39 Å². The number of ether oxygens (including phenoxy) is 1. The van der Waals surface area contributed by atoms with Crippen molar-refractivity contribution in [1.29, 1.82) is 0 Å². The van der Waals surface area contributed by atoms with Crippen LogP contribution in [-0.4, -0.2) is 19.9 Å². The Morgan fingerprint density at radius 1 is 1.03 bits per heavy atom. The van der Waals surface area contributed by atoms with Crippen LogP contribution in [0.4, 0.5) is 8.63 Å². The Hall–Kier alpha value is -3.15. The zero-order valence-corrected chi connectivity index (χ0v) is 16.1. The molecule has 0 saturated heterocycles. The van der Waals surface area contributed by atoms with Crippen molar-refractivity contribution in [3.63, 3.8) is 0 Å². The summed E-state index contributed by atoms with van der Waals surface area (Å²) in [7, 11) is -3.02. The van der Waals surface area contributed by atoms with E-state index in [0.29, 0.717) is 12.0 Å². The number of rotatable bonds is 9. The average Bonchev–Trinajstić information content (AvgIpc) is 2.73. The maximum absolute atomic E-state index is 12.9. The number of unbranched alkanes of at least 4 members (excludes halogenated alkanes) is 1. The van der Waals surface area contributed by atoms with Gasteiger partial charge in [-0.1, -0.05) is 61.9 Å². The van der Waals surface area contributed by atoms with Crippen molar-refractivity contribution in [1.82, 2.24) is 0 Å². The molecule has 0 spiro atoms. The lowest BCUT2D eigenvalue weighted by Crippen LogP contribution is -2.12. The van der Waals surface area contributed by atoms with Gasteiger partial charge >= 0.3 is 7.47 Å². The van der Waals surface area contributed by atoms with Gasteiger partial charge in [0.2, 0.25) is 0 Å². The first-order valence-corrected chi connectivity index (χ1v) is 9.50. The molecule has 0 aliphatic heterocycles. The molecule has 0 atom stereocenters. The van der Waals surface area contributed by atoms with E-state index in [0.717, 1.165) is 29.5 Å². The molecule has 0 aliphatic rings. The molecule has 148 valence electrons. The standard InChI is InChI=1S/C23H21BF2O3/c1-2-3-16-28-19-12-8-17(9-13-19)10-15-22(27)21-14-11-18-6-4-5-7-20(18)23(21)29-24(25)26/h4-15H,2-3,16H2,1H3. The van der Waals surface area contributed by atoms with Crippen LogP contribution in [0.3, 0.4) is 0 Å². The van der Waals surface area contributed by atoms with E-state index in [1.54, 1.807) is 36.4 Å². The van der Waals surface area contributed by atoms with Gasteiger partial charge in [0.25, 0.3) is 0 Å². The van der Waals surface area contributed by atoms with Crippen molar-refractivity contribution in [2.75, 3.05) is 6.61 Å². The number of carbonyl (C=O) groups is 1. The molecule has 0 bridgehead atoms. The number of allylic oxidation sites excluding steroid dienone is 1. The van der Waals surface area contributed by atoms with Crippen LogP contribution >= 0.6 is 0 Å². The van der Waals surface area contributed by atoms with E-state index in [9.17, 15) is 13.4 Å². The third-order valence-corrected chi connectivity index (χ3v) is 4.43. The quantitative estimate of drug-likeness (QED) is 0.187. The van der Waals surface area contributed by atoms with E-state index in [2.05, 4.69) is 11.6 Å². The number of fused-ring (bicyclic) bond motifs is 1. The van der Waals surface area contributed by atoms with E-state index < -0.39 is 13.3 Å². The maximum Gasteiger partial charge on any atom is 0.796 e. The van der Waals surface area contributed by atoms with E-state index in [-0.39, 0.29) is 11.3 Å². The Morgan fingerprint density at radius 3 is 2.52 bits per heavy atom. The molecule has 0 fully saturated rings. The number of benzene rings is 3. The van der Waals surface area contributed by atoms with Gasteiger partial charge in [-0.05, 0) is 41.6 Å². The third-order valence-electron chi connectivity index (χ3n) is 4.43. The number of ketones is 1. The van der Waals surface area contributed by atoms with Crippen LogP contribution in [0.15, 0.2) is 66.7 Å². The van der Waals surface area contributed by atoms with Crippen LogP contribution in [0.2, 0.25) is 0 Å². The molecule has 29 heavy (non-hydrogen) atoms. The molecule has 3 aromatic carbocycles. The van der Waals surface area contributed by atoms with Crippen LogP contribution in [0.1, 0.15) is 35.7 Å². The summed E-state index contributed by atoms with van der Waals surface area (Å²) in [5.74, 6) is 0.256. The predicted molar refractivity (Wildman–Crippen MR) is 113 cm³/mol. The fourth-order valence-corrected chi connectivity index (χ4v) is 2.92. The second-order valence-electron chi connectivity index (χ2n) is 6.51. The second kappa shape index (κ2) is 9.87. The summed E-state index contributed by atoms with van der Waals surface area (Å²) in [6, 6.07) is 17.5. The highest BCUT2D eigenvalue weighted by molar-refractivity contribution is 6.36. The highest BCUT2D eigenvalue weighted by atomic mass is 19.2. The first kappa shape index (κ1) is 20.6. The molecule has 0 amide bonds. The summed E-state index contributed by atoms with van der Waals surface area (Å²) in [4.78, 5) is 12.7. The monoisotopic (exact) mass is 394 g/mol. The lowest BCUT2D eigenvalue weighted by atomic mass is 10.0. The van der Waals surface area contributed by atoms with Gasteiger partial charge < -0.3 is 9.39 Å². The summed E-state index contributed by atoms with van der Waals surface area (Å²) in [5, 5.41) is 1.20. The summed E-state index contributed by atoms with van der Waals surface area (Å²) in [6.07, 6.45) is 5.05. The molecule has 0 N–H and O–H groups in total. The van der Waals surface area contributed by atoms with Crippen molar-refractivity contribution in [2.45, 2.75) is 19.8 Å². The van der Waals surface area contributed by atoms with Gasteiger partial charge in [0.05, 0.1) is 12.2 Å². The van der Waals surface area contributed by atoms with Crippen molar-refractivity contribution >= 4 is 30.1 Å². The molecule has 0 saturated carbocycles. The average molecular weight is 394 g/mol. The Balaban J connectivity index is 1.80. The van der Waals surface area contributed by atoms with Crippen molar-refractivity contribution < 1.29 is 22.8 Å². The summed E-state index contributed by atoms with van der Waals surface area (Å²) < 4.78 is 36.2. The number of hydrogen-bond acceptors (Lipinski definition) is 3. The smallest absolute Gasteiger partial charge is 0.504 e. The van der Waals surface area contributed by atoms with Crippen molar-refractivity contribution in [2.24, 2.45) is 0 Å². The molecule has 0 unspecified atom stereocenters. The van der Waals surface area contributed by atoms with E-state index >= 15 is 0 Å². The molecule has 0 radical (unpaired) electrons. The van der Waals surface area contributed by atoms with E-state index in [1.807, 2.05) is 24.3 Å². The van der Waals surface area contributed by atoms with Crippen molar-refractivity contribution in [3.8, 4) is 11.5 Å². The highest BCUT2D eigenvalue weighted by Gasteiger charge is 2.23. The van der Waals surface area contributed by atoms with Gasteiger partial charge in [0, 0.05) is 5.39 Å². The molecular weight excluding hydrogens is 373 g/mol. The Labute approximate surface area is 169 Å². The summed E-state index contributed by atoms with van der Waals surface area (Å²) in [5.41, 5.74) is 0.901. The first-order valence-electron chi connectivity index (χ1n) is 9.50. The Bertz CT molecular complexity index is 1000. The SMILES string of the molecule is CCCCOc1ccc(C=CC(=O)c2ccc3ccccc3c2OB(F)F)cc1. The van der Waals surface area contributed by atoms with Gasteiger partial charge in [-0.2, -0.15) is 0 Å². The topological polar surface area (TPSA) is 35.5 Å². The van der Waals surface area contributed by atoms with Gasteiger partial charge in [-0.15, -0.1) is 0 Å². The fraction of sp³-hybridized carbons (Fsp3) is 0.174. The Kier molecular flexibility index (Phi) is 7.01. The Morgan fingerprint density at radius 2 is 1.79 bits per heavy atom. The number of carbonyl (C=O) groups excluding carboxylic acids is 1. The van der Waals surface area contributed by atoms with Crippen LogP contribution in [-0.2, 0) is 0 Å².